The molecule has 0 atom stereocenters. The number of fused-ring (bicyclic) bond motifs is 2. The summed E-state index contributed by atoms with van der Waals surface area (Å²) in [7, 11) is 0. The molecule has 7 rings (SSSR count). The van der Waals surface area contributed by atoms with Gasteiger partial charge in [0.25, 0.3) is 5.91 Å². The second kappa shape index (κ2) is 15.1. The van der Waals surface area contributed by atoms with Crippen molar-refractivity contribution in [2.45, 2.75) is 13.8 Å². The van der Waals surface area contributed by atoms with Crippen LogP contribution in [0.4, 0.5) is 0 Å². The third kappa shape index (κ3) is 7.69. The van der Waals surface area contributed by atoms with E-state index in [1.807, 2.05) is 74.5 Å². The van der Waals surface area contributed by atoms with Crippen molar-refractivity contribution in [3.05, 3.63) is 120 Å². The number of hydrogen-bond donors (Lipinski definition) is 1. The molecule has 0 radical (unpaired) electrons. The molecule has 12 heteroatoms. The first-order chi connectivity index (χ1) is 23.9. The van der Waals surface area contributed by atoms with E-state index in [1.165, 1.54) is 0 Å². The number of pyridine rings is 2. The maximum absolute atomic E-state index is 11.8. The molecule has 0 bridgehead atoms. The number of rotatable bonds is 9. The summed E-state index contributed by atoms with van der Waals surface area (Å²) in [4.78, 5) is 38.0. The molecule has 0 aliphatic carbocycles. The van der Waals surface area contributed by atoms with Crippen LogP contribution in [0.3, 0.4) is 0 Å². The Morgan fingerprint density at radius 1 is 0.694 bits per heavy atom. The topological polar surface area (TPSA) is 148 Å². The smallest absolute Gasteiger partial charge is 0.252 e. The number of primary amides is 1. The van der Waals surface area contributed by atoms with Crippen molar-refractivity contribution in [3.63, 3.8) is 0 Å². The van der Waals surface area contributed by atoms with Gasteiger partial charge in [-0.15, -0.1) is 0 Å². The molecule has 0 fully saturated rings. The minimum absolute atomic E-state index is 0.267. The van der Waals surface area contributed by atoms with Gasteiger partial charge in [0, 0.05) is 41.3 Å². The van der Waals surface area contributed by atoms with Gasteiger partial charge >= 0.3 is 0 Å². The molecule has 0 saturated carbocycles. The van der Waals surface area contributed by atoms with E-state index < -0.39 is 5.91 Å². The predicted molar refractivity (Wildman–Crippen MR) is 188 cm³/mol. The zero-order chi connectivity index (χ0) is 34.2. The second-order valence-electron chi connectivity index (χ2n) is 10.4. The molecule has 49 heavy (non-hydrogen) atoms. The molecule has 0 aliphatic rings. The average molecular weight is 672 g/mol. The lowest BCUT2D eigenvalue weighted by molar-refractivity contribution is 0.0998. The fraction of sp³-hybridized carbons (Fsp3) is 0.108. The molecule has 0 aliphatic heterocycles. The molecule has 7 aromatic rings. The summed E-state index contributed by atoms with van der Waals surface area (Å²) in [6.45, 7) is 4.99. The number of para-hydroxylation sites is 1. The Labute approximate surface area is 286 Å². The SMILES string of the molecule is CCOc1ccc2nc(-c3cccnc3)nc(Cl)c2c1.CCOc1ccc2nc(-c3cccnc3)nc(Oc3ccccc3C(N)=O)c2c1. The molecule has 0 spiro atoms. The zero-order valence-corrected chi connectivity index (χ0v) is 27.3. The van der Waals surface area contributed by atoms with Gasteiger partial charge in [0.2, 0.25) is 5.88 Å². The van der Waals surface area contributed by atoms with Crippen LogP contribution in [-0.4, -0.2) is 49.0 Å². The lowest BCUT2D eigenvalue weighted by atomic mass is 10.2. The van der Waals surface area contributed by atoms with Gasteiger partial charge in [0.15, 0.2) is 11.6 Å². The van der Waals surface area contributed by atoms with E-state index in [4.69, 9.17) is 31.5 Å². The molecular formula is C37H30ClN7O4. The summed E-state index contributed by atoms with van der Waals surface area (Å²) in [6.07, 6.45) is 6.78. The standard InChI is InChI=1S/C22H18N4O3.C15H12ClN3O/c1-2-28-15-9-10-18-17(12-15)22(26-21(25-18)14-6-5-11-24-13-14)29-19-8-4-3-7-16(19)20(23)27;1-2-20-11-5-6-13-12(8-11)14(16)19-15(18-13)10-4-3-7-17-9-10/h3-13H,2H2,1H3,(H2,23,27);3-9H,2H2,1H3. The maximum atomic E-state index is 11.8. The number of amides is 1. The van der Waals surface area contributed by atoms with Gasteiger partial charge in [0.05, 0.1) is 35.2 Å². The third-order valence-corrected chi connectivity index (χ3v) is 7.36. The first kappa shape index (κ1) is 32.7. The van der Waals surface area contributed by atoms with Crippen LogP contribution in [0, 0.1) is 0 Å². The molecule has 3 aromatic carbocycles. The summed E-state index contributed by atoms with van der Waals surface area (Å²) in [6, 6.07) is 25.3. The summed E-state index contributed by atoms with van der Waals surface area (Å²) in [5, 5.41) is 1.85. The van der Waals surface area contributed by atoms with Crippen molar-refractivity contribution in [3.8, 4) is 45.9 Å². The van der Waals surface area contributed by atoms with Crippen molar-refractivity contribution in [2.75, 3.05) is 13.2 Å². The maximum Gasteiger partial charge on any atom is 0.252 e. The number of carbonyl (C=O) groups excluding carboxylic acids is 1. The minimum atomic E-state index is -0.582. The number of benzene rings is 3. The predicted octanol–water partition coefficient (Wildman–Crippen LogP) is 7.73. The highest BCUT2D eigenvalue weighted by atomic mass is 35.5. The highest BCUT2D eigenvalue weighted by molar-refractivity contribution is 6.34. The number of nitrogens with two attached hydrogens (primary N) is 1. The third-order valence-electron chi connectivity index (χ3n) is 7.07. The molecule has 1 amide bonds. The number of aromatic nitrogens is 6. The van der Waals surface area contributed by atoms with Crippen molar-refractivity contribution in [1.82, 2.24) is 29.9 Å². The fourth-order valence-corrected chi connectivity index (χ4v) is 5.08. The van der Waals surface area contributed by atoms with Gasteiger partial charge in [-0.05, 0) is 86.6 Å². The number of nitrogens with zero attached hydrogens (tertiary/aromatic N) is 6. The lowest BCUT2D eigenvalue weighted by Crippen LogP contribution is -2.12. The molecule has 2 N–H and O–H groups in total. The van der Waals surface area contributed by atoms with E-state index >= 15 is 0 Å². The number of carbonyl (C=O) groups is 1. The number of ether oxygens (including phenoxy) is 3. The summed E-state index contributed by atoms with van der Waals surface area (Å²) >= 11 is 6.26. The van der Waals surface area contributed by atoms with Gasteiger partial charge < -0.3 is 19.9 Å². The van der Waals surface area contributed by atoms with Gasteiger partial charge in [-0.25, -0.2) is 15.0 Å². The molecule has 11 nitrogen and oxygen atoms in total. The molecule has 0 unspecified atom stereocenters. The van der Waals surface area contributed by atoms with Crippen LogP contribution < -0.4 is 19.9 Å². The van der Waals surface area contributed by atoms with Crippen LogP contribution in [0.15, 0.2) is 110 Å². The van der Waals surface area contributed by atoms with Crippen molar-refractivity contribution in [2.24, 2.45) is 5.73 Å². The van der Waals surface area contributed by atoms with Crippen LogP contribution in [0.25, 0.3) is 44.6 Å². The highest BCUT2D eigenvalue weighted by Crippen LogP contribution is 2.34. The van der Waals surface area contributed by atoms with Crippen LogP contribution in [0.5, 0.6) is 23.1 Å². The summed E-state index contributed by atoms with van der Waals surface area (Å²) in [5.74, 6) is 2.50. The van der Waals surface area contributed by atoms with Gasteiger partial charge in [-0.1, -0.05) is 23.7 Å². The lowest BCUT2D eigenvalue weighted by Gasteiger charge is -2.13. The van der Waals surface area contributed by atoms with Crippen molar-refractivity contribution in [1.29, 1.82) is 0 Å². The first-order valence-electron chi connectivity index (χ1n) is 15.4. The van der Waals surface area contributed by atoms with E-state index in [1.54, 1.807) is 49.1 Å². The first-order valence-corrected chi connectivity index (χ1v) is 15.7. The Bertz CT molecular complexity index is 2240. The summed E-state index contributed by atoms with van der Waals surface area (Å²) < 4.78 is 17.1. The van der Waals surface area contributed by atoms with E-state index in [0.29, 0.717) is 58.3 Å². The molecule has 4 aromatic heterocycles. The normalized spacial score (nSPS) is 10.7. The highest BCUT2D eigenvalue weighted by Gasteiger charge is 2.16. The Morgan fingerprint density at radius 3 is 1.84 bits per heavy atom. The Hall–Kier alpha value is -6.20. The van der Waals surface area contributed by atoms with Crippen molar-refractivity contribution < 1.29 is 19.0 Å². The van der Waals surface area contributed by atoms with Crippen molar-refractivity contribution >= 4 is 39.3 Å². The average Bonchev–Trinajstić information content (AvgIpc) is 3.13. The van der Waals surface area contributed by atoms with Gasteiger partial charge in [0.1, 0.15) is 22.4 Å². The van der Waals surface area contributed by atoms with Crippen LogP contribution >= 0.6 is 11.6 Å². The van der Waals surface area contributed by atoms with Gasteiger partial charge in [-0.3, -0.25) is 14.8 Å². The second-order valence-corrected chi connectivity index (χ2v) is 10.7. The quantitative estimate of drug-likeness (QED) is 0.151. The molecule has 244 valence electrons. The zero-order valence-electron chi connectivity index (χ0n) is 26.6. The van der Waals surface area contributed by atoms with E-state index in [9.17, 15) is 4.79 Å². The van der Waals surface area contributed by atoms with E-state index in [0.717, 1.165) is 27.8 Å². The van der Waals surface area contributed by atoms with E-state index in [2.05, 4.69) is 29.9 Å². The molecular weight excluding hydrogens is 642 g/mol. The van der Waals surface area contributed by atoms with E-state index in [-0.39, 0.29) is 5.56 Å². The van der Waals surface area contributed by atoms with Gasteiger partial charge in [-0.2, -0.15) is 4.98 Å². The molecule has 0 saturated heterocycles. The summed E-state index contributed by atoms with van der Waals surface area (Å²) in [5.41, 5.74) is 8.80. The Kier molecular flexibility index (Phi) is 10.1. The van der Waals surface area contributed by atoms with Crippen LogP contribution in [0.1, 0.15) is 24.2 Å². The Balaban J connectivity index is 0.000000182. The molecule has 4 heterocycles. The van der Waals surface area contributed by atoms with Crippen LogP contribution in [0.2, 0.25) is 5.15 Å². The van der Waals surface area contributed by atoms with Crippen LogP contribution in [-0.2, 0) is 0 Å². The Morgan fingerprint density at radius 2 is 1.27 bits per heavy atom. The fourth-order valence-electron chi connectivity index (χ4n) is 4.85. The number of halogens is 1. The largest absolute Gasteiger partial charge is 0.494 e. The minimum Gasteiger partial charge on any atom is -0.494 e. The number of hydrogen-bond acceptors (Lipinski definition) is 10. The monoisotopic (exact) mass is 671 g/mol.